The van der Waals surface area contributed by atoms with Crippen molar-refractivity contribution in [2.75, 3.05) is 4.90 Å². The van der Waals surface area contributed by atoms with E-state index >= 15 is 0 Å². The first-order valence-corrected chi connectivity index (χ1v) is 34.8. The zero-order chi connectivity index (χ0) is 61.4. The maximum atomic E-state index is 2.79. The van der Waals surface area contributed by atoms with E-state index < -0.39 is 5.41 Å². The molecular formula is C87H74BN5. The number of para-hydroxylation sites is 4. The summed E-state index contributed by atoms with van der Waals surface area (Å²) >= 11 is 0. The van der Waals surface area contributed by atoms with Gasteiger partial charge in [-0.25, -0.2) is 0 Å². The van der Waals surface area contributed by atoms with Gasteiger partial charge in [-0.1, -0.05) is 184 Å². The third kappa shape index (κ3) is 7.52. The van der Waals surface area contributed by atoms with E-state index in [1.807, 2.05) is 0 Å². The fourth-order valence-corrected chi connectivity index (χ4v) is 19.3. The molecule has 6 heterocycles. The molecule has 6 heteroatoms. The largest absolute Gasteiger partial charge is 0.313 e. The zero-order valence-corrected chi connectivity index (χ0v) is 53.6. The van der Waals surface area contributed by atoms with Crippen LogP contribution >= 0.6 is 0 Å². The summed E-state index contributed by atoms with van der Waals surface area (Å²) in [5.74, 6) is 0. The molecule has 0 bridgehead atoms. The maximum absolute atomic E-state index is 2.79. The van der Waals surface area contributed by atoms with Crippen LogP contribution < -0.4 is 21.3 Å². The van der Waals surface area contributed by atoms with Crippen LogP contribution in [0.3, 0.4) is 0 Å². The van der Waals surface area contributed by atoms with Gasteiger partial charge in [-0.15, -0.1) is 0 Å². The summed E-state index contributed by atoms with van der Waals surface area (Å²) in [6, 6.07) is 89.1. The van der Waals surface area contributed by atoms with Gasteiger partial charge in [0.1, 0.15) is 0 Å². The van der Waals surface area contributed by atoms with Gasteiger partial charge in [-0.2, -0.15) is 0 Å². The van der Waals surface area contributed by atoms with Crippen molar-refractivity contribution in [2.24, 2.45) is 0 Å². The Labute approximate surface area is 545 Å². The number of rotatable bonds is 7. The van der Waals surface area contributed by atoms with Gasteiger partial charge in [-0.05, 0) is 223 Å². The lowest BCUT2D eigenvalue weighted by molar-refractivity contribution is 0.590. The molecule has 0 saturated carbocycles. The van der Waals surface area contributed by atoms with Crippen molar-refractivity contribution in [3.05, 3.63) is 297 Å². The van der Waals surface area contributed by atoms with E-state index in [1.165, 1.54) is 205 Å². The average molecular weight is 1200 g/mol. The first-order valence-electron chi connectivity index (χ1n) is 34.8. The van der Waals surface area contributed by atoms with Crippen molar-refractivity contribution in [3.8, 4) is 22.7 Å². The van der Waals surface area contributed by atoms with Gasteiger partial charge in [0.15, 0.2) is 0 Å². The van der Waals surface area contributed by atoms with Crippen LogP contribution in [-0.4, -0.2) is 25.0 Å². The molecule has 4 aromatic heterocycles. The van der Waals surface area contributed by atoms with Gasteiger partial charge in [0.05, 0.1) is 38.9 Å². The van der Waals surface area contributed by atoms with Crippen molar-refractivity contribution < 1.29 is 0 Å². The molecule has 0 atom stereocenters. The van der Waals surface area contributed by atoms with E-state index in [2.05, 4.69) is 268 Å². The highest BCUT2D eigenvalue weighted by Gasteiger charge is 2.53. The zero-order valence-electron chi connectivity index (χ0n) is 53.6. The Bertz CT molecular complexity index is 5410. The summed E-state index contributed by atoms with van der Waals surface area (Å²) < 4.78 is 10.9. The minimum Gasteiger partial charge on any atom is -0.313 e. The lowest BCUT2D eigenvalue weighted by Gasteiger charge is -2.49. The second kappa shape index (κ2) is 20.1. The van der Waals surface area contributed by atoms with Crippen molar-refractivity contribution in [3.63, 3.8) is 0 Å². The molecule has 93 heavy (non-hydrogen) atoms. The maximum Gasteiger partial charge on any atom is 0.247 e. The van der Waals surface area contributed by atoms with E-state index in [-0.39, 0.29) is 12.1 Å². The molecule has 0 spiro atoms. The van der Waals surface area contributed by atoms with Crippen molar-refractivity contribution in [1.29, 1.82) is 0 Å². The summed E-state index contributed by atoms with van der Waals surface area (Å²) in [6.07, 6.45) is 15.7. The lowest BCUT2D eigenvalue weighted by Crippen LogP contribution is -2.65. The number of benzene rings is 10. The molecule has 2 aliphatic heterocycles. The summed E-state index contributed by atoms with van der Waals surface area (Å²) in [5, 5.41) is 5.56. The van der Waals surface area contributed by atoms with Gasteiger partial charge in [0, 0.05) is 72.8 Å². The number of aromatic nitrogens is 4. The monoisotopic (exact) mass is 1200 g/mol. The number of nitrogens with zero attached hydrogens (tertiary/aromatic N) is 5. The Kier molecular flexibility index (Phi) is 11.6. The number of aryl methyl sites for hydroxylation is 4. The fourth-order valence-electron chi connectivity index (χ4n) is 19.3. The highest BCUT2D eigenvalue weighted by molar-refractivity contribution is 6.99. The quantitative estimate of drug-likeness (QED) is 0.115. The molecule has 0 fully saturated rings. The number of anilines is 3. The van der Waals surface area contributed by atoms with Crippen LogP contribution in [-0.2, 0) is 62.2 Å². The Morgan fingerprint density at radius 2 is 0.753 bits per heavy atom. The highest BCUT2D eigenvalue weighted by atomic mass is 15.2. The predicted octanol–water partition coefficient (Wildman–Crippen LogP) is 18.5. The van der Waals surface area contributed by atoms with Crippen molar-refractivity contribution in [2.45, 2.75) is 121 Å². The molecular weight excluding hydrogens is 1130 g/mol. The summed E-state index contributed by atoms with van der Waals surface area (Å²) in [7, 11) is 0. The Balaban J connectivity index is 1.00. The first-order chi connectivity index (χ1) is 45.8. The molecule has 0 amide bonds. The predicted molar refractivity (Wildman–Crippen MR) is 387 cm³/mol. The summed E-state index contributed by atoms with van der Waals surface area (Å²) in [4.78, 5) is 2.79. The standard InChI is InChI=1S/C87H74BN5/c1-86(2,3)55-44-46-58(47-45-55)92-82-53-60(90-75-36-12-6-11-28-62(75)63-29-14-18-38-76(63)90)51-71-84(82)88(72-49-48-59(89-74-37-17-13-30-64(74)67-33-21-41-78(67)89)50-70(72)87(71,56-24-7-4-8-25-56)57-26-9-5-10-27-57)73-52-61(91-77-39-19-15-31-65(77)68-34-22-42-79(68)91)54-83(85(73)92)93-80-40-20-16-32-66(80)69-35-23-43-81(69)93/h4-5,7-10,13-20,24-27,29-32,37-40,44-54H,6,11-12,21-23,28,33-36,41-43H2,1-3H3. The van der Waals surface area contributed by atoms with Gasteiger partial charge in [0.25, 0.3) is 0 Å². The van der Waals surface area contributed by atoms with Gasteiger partial charge in [-0.3, -0.25) is 0 Å². The van der Waals surface area contributed by atoms with Crippen LogP contribution in [0.2, 0.25) is 0 Å². The van der Waals surface area contributed by atoms with Crippen LogP contribution in [0.15, 0.2) is 224 Å². The van der Waals surface area contributed by atoms with Crippen molar-refractivity contribution in [1.82, 2.24) is 18.3 Å². The Morgan fingerprint density at radius 1 is 0.333 bits per heavy atom. The van der Waals surface area contributed by atoms with E-state index in [0.29, 0.717) is 0 Å². The molecule has 5 nitrogen and oxygen atoms in total. The van der Waals surface area contributed by atoms with Gasteiger partial charge >= 0.3 is 0 Å². The summed E-state index contributed by atoms with van der Waals surface area (Å²) in [5.41, 5.74) is 35.6. The van der Waals surface area contributed by atoms with Crippen LogP contribution in [0.1, 0.15) is 132 Å². The number of hydrogen-bond donors (Lipinski definition) is 0. The summed E-state index contributed by atoms with van der Waals surface area (Å²) in [6.45, 7) is 6.89. The van der Waals surface area contributed by atoms with E-state index in [4.69, 9.17) is 0 Å². The fraction of sp³-hybridized carbons (Fsp3) is 0.218. The highest BCUT2D eigenvalue weighted by Crippen LogP contribution is 2.54. The molecule has 4 aliphatic carbocycles. The van der Waals surface area contributed by atoms with Gasteiger partial charge < -0.3 is 23.2 Å². The SMILES string of the molecule is CC(C)(C)c1ccc(N2c3cc(-n4c5c(c6ccccc64)CCCCC5)cc4c3B(c3ccc(-n5c6c(c7ccccc75)CCC6)cc3C4(c3ccccc3)c3ccccc3)c3cc(-n4c5c(c6ccccc64)CCC5)cc(-n4c5c(c6ccccc64)CCC5)c32)cc1. The van der Waals surface area contributed by atoms with Crippen LogP contribution in [0.5, 0.6) is 0 Å². The van der Waals surface area contributed by atoms with E-state index in [1.54, 1.807) is 0 Å². The molecule has 0 saturated heterocycles. The molecule has 0 N–H and O–H groups in total. The average Bonchev–Trinajstić information content (AvgIpc) is 1.67. The lowest BCUT2D eigenvalue weighted by atomic mass is 9.29. The molecule has 10 aromatic carbocycles. The molecule has 6 aliphatic rings. The Hall–Kier alpha value is -9.78. The topological polar surface area (TPSA) is 23.0 Å². The smallest absolute Gasteiger partial charge is 0.247 e. The van der Waals surface area contributed by atoms with E-state index in [0.717, 1.165) is 57.8 Å². The molecule has 20 rings (SSSR count). The van der Waals surface area contributed by atoms with Crippen LogP contribution in [0.4, 0.5) is 17.1 Å². The van der Waals surface area contributed by atoms with E-state index in [9.17, 15) is 0 Å². The number of hydrogen-bond acceptors (Lipinski definition) is 1. The molecule has 450 valence electrons. The minimum absolute atomic E-state index is 0.0409. The second-order valence-electron chi connectivity index (χ2n) is 28.9. The minimum atomic E-state index is -0.787. The molecule has 0 radical (unpaired) electrons. The van der Waals surface area contributed by atoms with Gasteiger partial charge in [0.2, 0.25) is 6.71 Å². The normalized spacial score (nSPS) is 16.0. The van der Waals surface area contributed by atoms with Crippen molar-refractivity contribution >= 4 is 83.8 Å². The Morgan fingerprint density at radius 3 is 1.29 bits per heavy atom. The third-order valence-corrected chi connectivity index (χ3v) is 23.1. The first kappa shape index (κ1) is 53.8. The third-order valence-electron chi connectivity index (χ3n) is 23.1. The number of fused-ring (bicyclic) bond motifs is 16. The second-order valence-corrected chi connectivity index (χ2v) is 28.9. The molecule has 14 aromatic rings. The van der Waals surface area contributed by atoms with Crippen LogP contribution in [0.25, 0.3) is 66.4 Å². The molecule has 0 unspecified atom stereocenters. The van der Waals surface area contributed by atoms with Crippen LogP contribution in [0, 0.1) is 0 Å².